The van der Waals surface area contributed by atoms with Gasteiger partial charge in [0.15, 0.2) is 16.9 Å². The lowest BCUT2D eigenvalue weighted by Crippen LogP contribution is -2.74. The van der Waals surface area contributed by atoms with E-state index in [2.05, 4.69) is 25.0 Å². The van der Waals surface area contributed by atoms with E-state index in [9.17, 15) is 22.8 Å². The number of hydrogen-bond donors (Lipinski definition) is 3. The summed E-state index contributed by atoms with van der Waals surface area (Å²) in [4.78, 5) is 44.5. The average molecular weight is 407 g/mol. The van der Waals surface area contributed by atoms with Gasteiger partial charge >= 0.3 is 16.3 Å². The van der Waals surface area contributed by atoms with Gasteiger partial charge in [0.2, 0.25) is 0 Å². The summed E-state index contributed by atoms with van der Waals surface area (Å²) in [5.41, 5.74) is 5.17. The number of hydrogen-bond acceptors (Lipinski definition) is 11. The van der Waals surface area contributed by atoms with E-state index < -0.39 is 40.2 Å². The summed E-state index contributed by atoms with van der Waals surface area (Å²) in [6, 6.07) is -3.37. The summed E-state index contributed by atoms with van der Waals surface area (Å²) >= 11 is 1.02. The van der Waals surface area contributed by atoms with Crippen molar-refractivity contribution < 1.29 is 36.9 Å². The van der Waals surface area contributed by atoms with Crippen LogP contribution in [0.3, 0.4) is 0 Å². The highest BCUT2D eigenvalue weighted by Gasteiger charge is 2.58. The van der Waals surface area contributed by atoms with Crippen molar-refractivity contribution in [3.63, 3.8) is 0 Å². The number of oxime groups is 1. The number of esters is 1. The van der Waals surface area contributed by atoms with E-state index >= 15 is 0 Å². The van der Waals surface area contributed by atoms with Crippen molar-refractivity contribution in [2.75, 3.05) is 20.0 Å². The fourth-order valence-corrected chi connectivity index (χ4v) is 3.50. The fourth-order valence-electron chi connectivity index (χ4n) is 2.11. The van der Waals surface area contributed by atoms with Gasteiger partial charge in [-0.15, -0.1) is 11.3 Å². The Balaban J connectivity index is 2.27. The summed E-state index contributed by atoms with van der Waals surface area (Å²) in [5.74, 6) is -3.37. The molecule has 2 unspecified atom stereocenters. The Morgan fingerprint density at radius 3 is 2.58 bits per heavy atom. The van der Waals surface area contributed by atoms with Gasteiger partial charge in [-0.1, -0.05) is 5.16 Å². The van der Waals surface area contributed by atoms with Crippen molar-refractivity contribution in [2.45, 2.75) is 12.1 Å². The van der Waals surface area contributed by atoms with Crippen molar-refractivity contribution in [3.8, 4) is 0 Å². The second kappa shape index (κ2) is 7.22. The lowest BCUT2D eigenvalue weighted by atomic mass is 9.98. The maximum atomic E-state index is 12.4. The van der Waals surface area contributed by atoms with Crippen molar-refractivity contribution in [1.82, 2.24) is 14.6 Å². The van der Waals surface area contributed by atoms with Crippen LogP contribution in [0.4, 0.5) is 5.13 Å². The number of methoxy groups -OCH3 is 1. The third-order valence-corrected chi connectivity index (χ3v) is 4.77. The predicted molar refractivity (Wildman–Crippen MR) is 86.2 cm³/mol. The molecule has 1 aliphatic rings. The molecule has 1 aromatic heterocycles. The molecule has 1 aliphatic heterocycles. The van der Waals surface area contributed by atoms with Crippen LogP contribution in [-0.2, 0) is 34.3 Å². The summed E-state index contributed by atoms with van der Waals surface area (Å²) in [6.07, 6.45) is 0. The number of ether oxygens (including phenoxy) is 1. The number of β-lactam (4-membered cyclic amide) rings is 1. The highest BCUT2D eigenvalue weighted by atomic mass is 32.2. The molecule has 0 aromatic carbocycles. The van der Waals surface area contributed by atoms with Gasteiger partial charge in [0, 0.05) is 5.38 Å². The predicted octanol–water partition coefficient (Wildman–Crippen LogP) is -2.25. The first-order valence-electron chi connectivity index (χ1n) is 6.63. The van der Waals surface area contributed by atoms with Crippen LogP contribution in [-0.4, -0.2) is 72.1 Å². The molecule has 13 nitrogen and oxygen atoms in total. The fraction of sp³-hybridized carbons (Fsp3) is 0.364. The molecule has 26 heavy (non-hydrogen) atoms. The van der Waals surface area contributed by atoms with Crippen LogP contribution in [0.1, 0.15) is 5.69 Å². The number of nitrogens with zero attached hydrogens (tertiary/aromatic N) is 3. The van der Waals surface area contributed by atoms with Crippen LogP contribution < -0.4 is 11.1 Å². The topological polar surface area (TPSA) is 191 Å². The molecule has 1 aromatic rings. The Labute approximate surface area is 150 Å². The lowest BCUT2D eigenvalue weighted by Gasteiger charge is -2.41. The van der Waals surface area contributed by atoms with E-state index in [-0.39, 0.29) is 20.8 Å². The second-order valence-corrected chi connectivity index (χ2v) is 6.90. The summed E-state index contributed by atoms with van der Waals surface area (Å²) in [7, 11) is -2.91. The third-order valence-electron chi connectivity index (χ3n) is 3.19. The number of nitrogen functional groups attached to an aromatic ring is 1. The molecule has 1 fully saturated rings. The number of carbonyl (C=O) groups is 3. The zero-order valence-corrected chi connectivity index (χ0v) is 14.9. The number of thiazole rings is 1. The van der Waals surface area contributed by atoms with Crippen LogP contribution >= 0.6 is 11.3 Å². The number of nitrogens with two attached hydrogens (primary N) is 1. The minimum absolute atomic E-state index is 0.0416. The van der Waals surface area contributed by atoms with Gasteiger partial charge in [-0.05, 0) is 0 Å². The Hall–Kier alpha value is -2.78. The second-order valence-electron chi connectivity index (χ2n) is 4.72. The van der Waals surface area contributed by atoms with Crippen LogP contribution in [0.15, 0.2) is 10.5 Å². The molecule has 0 aliphatic carbocycles. The van der Waals surface area contributed by atoms with Gasteiger partial charge in [-0.3, -0.25) is 14.1 Å². The van der Waals surface area contributed by atoms with Crippen molar-refractivity contribution in [2.24, 2.45) is 5.16 Å². The first-order chi connectivity index (χ1) is 12.1. The quantitative estimate of drug-likeness (QED) is 0.152. The van der Waals surface area contributed by atoms with E-state index in [1.807, 2.05) is 0 Å². The SMILES string of the molecule is CO/N=C(\C(=O)NC1C(=O)N(S(=O)(=O)O)C1C(=O)OC)c1csc(N)n1. The molecule has 2 amide bonds. The standard InChI is InChI=1S/C11H13N5O8S2/c1-23-10(19)7-6(9(18)16(7)26(20,21)22)14-8(17)5(15-24-2)4-3-25-11(12)13-4/h3,6-7H,1-2H3,(H2,12,13)(H,14,17)(H,20,21,22)/b15-5-. The normalized spacial score (nSPS) is 20.3. The molecule has 1 saturated heterocycles. The smallest absolute Gasteiger partial charge is 0.363 e. The lowest BCUT2D eigenvalue weighted by molar-refractivity contribution is -0.162. The number of aromatic nitrogens is 1. The highest BCUT2D eigenvalue weighted by molar-refractivity contribution is 7.84. The molecule has 0 radical (unpaired) electrons. The first kappa shape index (κ1) is 19.5. The van der Waals surface area contributed by atoms with E-state index in [1.54, 1.807) is 0 Å². The molecule has 0 saturated carbocycles. The maximum Gasteiger partial charge on any atom is 0.363 e. The van der Waals surface area contributed by atoms with Crippen molar-refractivity contribution in [3.05, 3.63) is 11.1 Å². The maximum absolute atomic E-state index is 12.4. The Kier molecular flexibility index (Phi) is 5.43. The van der Waals surface area contributed by atoms with E-state index in [0.717, 1.165) is 25.6 Å². The molecule has 0 spiro atoms. The molecule has 4 N–H and O–H groups in total. The molecule has 2 heterocycles. The summed E-state index contributed by atoms with van der Waals surface area (Å²) in [5, 5.41) is 7.16. The summed E-state index contributed by atoms with van der Waals surface area (Å²) in [6.45, 7) is 0. The largest absolute Gasteiger partial charge is 0.467 e. The van der Waals surface area contributed by atoms with Crippen LogP contribution in [0, 0.1) is 0 Å². The molecule has 15 heteroatoms. The Bertz CT molecular complexity index is 879. The first-order valence-corrected chi connectivity index (χ1v) is 8.91. The highest BCUT2D eigenvalue weighted by Crippen LogP contribution is 2.25. The van der Waals surface area contributed by atoms with Crippen molar-refractivity contribution >= 4 is 50.3 Å². The molecule has 142 valence electrons. The van der Waals surface area contributed by atoms with Gasteiger partial charge in [0.05, 0.1) is 7.11 Å². The van der Waals surface area contributed by atoms with E-state index in [4.69, 9.17) is 10.3 Å². The third kappa shape index (κ3) is 3.58. The molecule has 0 bridgehead atoms. The van der Waals surface area contributed by atoms with Crippen LogP contribution in [0.5, 0.6) is 0 Å². The monoisotopic (exact) mass is 407 g/mol. The van der Waals surface area contributed by atoms with Crippen LogP contribution in [0.25, 0.3) is 0 Å². The van der Waals surface area contributed by atoms with Gasteiger partial charge in [-0.25, -0.2) is 9.78 Å². The molecular formula is C11H13N5O8S2. The number of amides is 2. The number of rotatable bonds is 6. The zero-order valence-electron chi connectivity index (χ0n) is 13.3. The number of anilines is 1. The van der Waals surface area contributed by atoms with Crippen LogP contribution in [0.2, 0.25) is 0 Å². The molecule has 2 rings (SSSR count). The molecule has 2 atom stereocenters. The average Bonchev–Trinajstić information content (AvgIpc) is 2.98. The van der Waals surface area contributed by atoms with Gasteiger partial charge < -0.3 is 20.6 Å². The van der Waals surface area contributed by atoms with Gasteiger partial charge in [-0.2, -0.15) is 12.7 Å². The van der Waals surface area contributed by atoms with Gasteiger partial charge in [0.25, 0.3) is 11.8 Å². The Morgan fingerprint density at radius 1 is 1.46 bits per heavy atom. The minimum atomic E-state index is -5.02. The van der Waals surface area contributed by atoms with Crippen molar-refractivity contribution in [1.29, 1.82) is 0 Å². The van der Waals surface area contributed by atoms with E-state index in [0.29, 0.717) is 0 Å². The van der Waals surface area contributed by atoms with E-state index in [1.165, 1.54) is 5.38 Å². The number of carbonyl (C=O) groups excluding carboxylic acids is 3. The van der Waals surface area contributed by atoms with Gasteiger partial charge in [0.1, 0.15) is 18.8 Å². The summed E-state index contributed by atoms with van der Waals surface area (Å²) < 4.78 is 35.8. The minimum Gasteiger partial charge on any atom is -0.467 e. The Morgan fingerprint density at radius 2 is 2.12 bits per heavy atom. The zero-order chi connectivity index (χ0) is 19.6. The number of nitrogens with one attached hydrogen (secondary N) is 1. The molecular weight excluding hydrogens is 394 g/mol.